The molecule has 0 bridgehead atoms. The van der Waals surface area contributed by atoms with E-state index in [4.69, 9.17) is 4.74 Å². The molecule has 0 spiro atoms. The zero-order chi connectivity index (χ0) is 21.4. The van der Waals surface area contributed by atoms with E-state index in [1.54, 1.807) is 23.1 Å². The quantitative estimate of drug-likeness (QED) is 0.394. The number of hydrogen-bond donors (Lipinski definition) is 1. The number of carbonyl (C=O) groups is 2. The van der Waals surface area contributed by atoms with E-state index in [1.165, 1.54) is 0 Å². The summed E-state index contributed by atoms with van der Waals surface area (Å²) < 4.78 is 8.49. The van der Waals surface area contributed by atoms with E-state index >= 15 is 0 Å². The van der Waals surface area contributed by atoms with Crippen molar-refractivity contribution in [2.45, 2.75) is 32.9 Å². The van der Waals surface area contributed by atoms with Crippen molar-refractivity contribution < 1.29 is 14.3 Å². The van der Waals surface area contributed by atoms with E-state index in [1.807, 2.05) is 55.5 Å². The summed E-state index contributed by atoms with van der Waals surface area (Å²) >= 11 is 0. The normalized spacial score (nSPS) is 12.4. The second-order valence-corrected chi connectivity index (χ2v) is 7.40. The lowest BCUT2D eigenvalue weighted by Crippen LogP contribution is -2.27. The number of aromatic amines is 1. The zero-order valence-electron chi connectivity index (χ0n) is 17.1. The highest BCUT2D eigenvalue weighted by Crippen LogP contribution is 2.24. The van der Waals surface area contributed by atoms with E-state index in [0.717, 1.165) is 27.6 Å². The van der Waals surface area contributed by atoms with Crippen LogP contribution < -0.4 is 5.69 Å². The number of nitrogens with zero attached hydrogens (tertiary/aromatic N) is 2. The number of fused-ring (bicyclic) bond motifs is 2. The van der Waals surface area contributed by atoms with Crippen molar-refractivity contribution in [3.05, 3.63) is 70.3 Å². The molecule has 7 heteroatoms. The Kier molecular flexibility index (Phi) is 5.03. The number of rotatable bonds is 6. The molecule has 1 unspecified atom stereocenters. The van der Waals surface area contributed by atoms with Crippen LogP contribution in [-0.2, 0) is 23.1 Å². The fraction of sp³-hybridized carbons (Fsp3) is 0.261. The smallest absolute Gasteiger partial charge is 0.328 e. The number of aromatic nitrogens is 3. The number of H-pyrrole nitrogens is 1. The van der Waals surface area contributed by atoms with Crippen molar-refractivity contribution in [3.8, 4) is 0 Å². The van der Waals surface area contributed by atoms with Gasteiger partial charge in [0.1, 0.15) is 0 Å². The summed E-state index contributed by atoms with van der Waals surface area (Å²) in [6, 6.07) is 14.9. The van der Waals surface area contributed by atoms with E-state index in [0.29, 0.717) is 5.56 Å². The molecule has 30 heavy (non-hydrogen) atoms. The summed E-state index contributed by atoms with van der Waals surface area (Å²) in [5.74, 6) is -0.770. The number of aryl methyl sites for hydroxylation is 3. The van der Waals surface area contributed by atoms with Crippen LogP contribution in [0.3, 0.4) is 0 Å². The molecule has 2 aromatic heterocycles. The second kappa shape index (κ2) is 7.67. The van der Waals surface area contributed by atoms with Gasteiger partial charge in [-0.25, -0.2) is 4.79 Å². The lowest BCUT2D eigenvalue weighted by Gasteiger charge is -2.13. The van der Waals surface area contributed by atoms with Gasteiger partial charge >= 0.3 is 11.7 Å². The van der Waals surface area contributed by atoms with Crippen LogP contribution >= 0.6 is 0 Å². The number of imidazole rings is 1. The van der Waals surface area contributed by atoms with Gasteiger partial charge in [-0.3, -0.25) is 18.7 Å². The monoisotopic (exact) mass is 405 g/mol. The minimum atomic E-state index is -0.917. The molecule has 0 saturated heterocycles. The number of para-hydroxylation sites is 3. The highest BCUT2D eigenvalue weighted by atomic mass is 16.5. The Labute approximate surface area is 172 Å². The van der Waals surface area contributed by atoms with Crippen LogP contribution in [0.4, 0.5) is 0 Å². The molecule has 2 aromatic carbocycles. The Morgan fingerprint density at radius 1 is 1.07 bits per heavy atom. The number of ketones is 1. The number of hydrogen-bond acceptors (Lipinski definition) is 4. The molecule has 4 rings (SSSR count). The first-order valence-corrected chi connectivity index (χ1v) is 9.83. The molecular formula is C23H23N3O4. The average Bonchev–Trinajstić information content (AvgIpc) is 3.19. The Hall–Kier alpha value is -3.61. The largest absolute Gasteiger partial charge is 0.454 e. The summed E-state index contributed by atoms with van der Waals surface area (Å²) in [6.45, 7) is 3.59. The molecule has 0 aliphatic rings. The molecule has 0 aliphatic heterocycles. The summed E-state index contributed by atoms with van der Waals surface area (Å²) in [6.07, 6.45) is -0.919. The van der Waals surface area contributed by atoms with Crippen LogP contribution in [0.5, 0.6) is 0 Å². The molecule has 0 radical (unpaired) electrons. The number of benzene rings is 2. The fourth-order valence-corrected chi connectivity index (χ4v) is 3.89. The Bertz CT molecular complexity index is 1330. The van der Waals surface area contributed by atoms with Gasteiger partial charge in [-0.2, -0.15) is 0 Å². The number of ether oxygens (including phenoxy) is 1. The standard InChI is InChI=1S/C23H23N3O4/c1-14-21(16-8-4-5-9-17(16)24-14)22(28)15(2)30-20(27)12-13-26-19-11-7-6-10-18(19)25(3)23(26)29/h4-11,15,24H,12-13H2,1-3H3. The zero-order valence-corrected chi connectivity index (χ0v) is 17.1. The Morgan fingerprint density at radius 3 is 2.50 bits per heavy atom. The average molecular weight is 405 g/mol. The summed E-state index contributed by atoms with van der Waals surface area (Å²) in [7, 11) is 1.70. The molecule has 0 aliphatic carbocycles. The van der Waals surface area contributed by atoms with Gasteiger partial charge < -0.3 is 9.72 Å². The maximum absolute atomic E-state index is 12.9. The van der Waals surface area contributed by atoms with Crippen LogP contribution in [0, 0.1) is 6.92 Å². The molecular weight excluding hydrogens is 382 g/mol. The van der Waals surface area contributed by atoms with Gasteiger partial charge in [-0.1, -0.05) is 30.3 Å². The molecule has 4 aromatic rings. The fourth-order valence-electron chi connectivity index (χ4n) is 3.89. The summed E-state index contributed by atoms with van der Waals surface area (Å²) in [4.78, 5) is 41.0. The lowest BCUT2D eigenvalue weighted by atomic mass is 10.0. The maximum Gasteiger partial charge on any atom is 0.328 e. The molecule has 0 amide bonds. The van der Waals surface area contributed by atoms with Crippen molar-refractivity contribution in [1.29, 1.82) is 0 Å². The lowest BCUT2D eigenvalue weighted by molar-refractivity contribution is -0.146. The minimum Gasteiger partial charge on any atom is -0.454 e. The summed E-state index contributed by atoms with van der Waals surface area (Å²) in [5, 5.41) is 0.810. The number of Topliss-reactive ketones (excluding diaryl/α,β-unsaturated/α-hetero) is 1. The van der Waals surface area contributed by atoms with Crippen molar-refractivity contribution in [3.63, 3.8) is 0 Å². The van der Waals surface area contributed by atoms with Crippen molar-refractivity contribution in [2.75, 3.05) is 0 Å². The Morgan fingerprint density at radius 2 is 1.73 bits per heavy atom. The maximum atomic E-state index is 12.9. The van der Waals surface area contributed by atoms with E-state index in [-0.39, 0.29) is 24.4 Å². The van der Waals surface area contributed by atoms with Crippen LogP contribution in [0.1, 0.15) is 29.4 Å². The molecule has 2 heterocycles. The number of esters is 1. The molecule has 154 valence electrons. The van der Waals surface area contributed by atoms with Gasteiger partial charge in [0.05, 0.1) is 17.5 Å². The topological polar surface area (TPSA) is 86.1 Å². The van der Waals surface area contributed by atoms with Gasteiger partial charge in [0.25, 0.3) is 0 Å². The SMILES string of the molecule is Cc1[nH]c2ccccc2c1C(=O)C(C)OC(=O)CCn1c(=O)n(C)c2ccccc21. The van der Waals surface area contributed by atoms with Crippen LogP contribution in [0.25, 0.3) is 21.9 Å². The first-order chi connectivity index (χ1) is 14.4. The van der Waals surface area contributed by atoms with Gasteiger partial charge in [-0.05, 0) is 32.0 Å². The van der Waals surface area contributed by atoms with Crippen LogP contribution in [0.2, 0.25) is 0 Å². The predicted octanol–water partition coefficient (Wildman–Crippen LogP) is 3.33. The number of nitrogens with one attached hydrogen (secondary N) is 1. The Balaban J connectivity index is 1.47. The summed E-state index contributed by atoms with van der Waals surface area (Å²) in [5.41, 5.74) is 3.52. The van der Waals surface area contributed by atoms with Crippen LogP contribution in [-0.4, -0.2) is 32.0 Å². The van der Waals surface area contributed by atoms with E-state index in [9.17, 15) is 14.4 Å². The van der Waals surface area contributed by atoms with E-state index < -0.39 is 12.1 Å². The molecule has 1 atom stereocenters. The van der Waals surface area contributed by atoms with Crippen molar-refractivity contribution in [1.82, 2.24) is 14.1 Å². The third-order valence-electron chi connectivity index (χ3n) is 5.41. The van der Waals surface area contributed by atoms with Crippen molar-refractivity contribution >= 4 is 33.7 Å². The highest BCUT2D eigenvalue weighted by molar-refractivity contribution is 6.11. The van der Waals surface area contributed by atoms with E-state index in [2.05, 4.69) is 4.98 Å². The second-order valence-electron chi connectivity index (χ2n) is 7.40. The van der Waals surface area contributed by atoms with Gasteiger partial charge in [-0.15, -0.1) is 0 Å². The molecule has 0 fully saturated rings. The first-order valence-electron chi connectivity index (χ1n) is 9.83. The van der Waals surface area contributed by atoms with Crippen LogP contribution in [0.15, 0.2) is 53.3 Å². The molecule has 7 nitrogen and oxygen atoms in total. The molecule has 1 N–H and O–H groups in total. The van der Waals surface area contributed by atoms with Gasteiger partial charge in [0.2, 0.25) is 5.78 Å². The third kappa shape index (κ3) is 3.32. The predicted molar refractivity (Wildman–Crippen MR) is 115 cm³/mol. The van der Waals surface area contributed by atoms with Gasteiger partial charge in [0, 0.05) is 35.8 Å². The molecule has 0 saturated carbocycles. The number of carbonyl (C=O) groups excluding carboxylic acids is 2. The van der Waals surface area contributed by atoms with Crippen molar-refractivity contribution in [2.24, 2.45) is 7.05 Å². The van der Waals surface area contributed by atoms with Gasteiger partial charge in [0.15, 0.2) is 6.10 Å². The third-order valence-corrected chi connectivity index (χ3v) is 5.41. The minimum absolute atomic E-state index is 0.00159. The highest BCUT2D eigenvalue weighted by Gasteiger charge is 2.24. The first kappa shape index (κ1) is 19.7.